The lowest BCUT2D eigenvalue weighted by Gasteiger charge is -2.29. The number of halogens is 1. The molecule has 4 rings (SSSR count). The van der Waals surface area contributed by atoms with Gasteiger partial charge in [0.2, 0.25) is 0 Å². The zero-order chi connectivity index (χ0) is 11.2. The number of benzene rings is 1. The van der Waals surface area contributed by atoms with Gasteiger partial charge in [-0.05, 0) is 61.6 Å². The molecule has 0 aromatic heterocycles. The van der Waals surface area contributed by atoms with Crippen molar-refractivity contribution >= 4 is 0 Å². The predicted molar refractivity (Wildman–Crippen MR) is 71.2 cm³/mol. The predicted octanol–water partition coefficient (Wildman–Crippen LogP) is 0.837. The number of fused-ring (bicyclic) bond motifs is 5. The minimum absolute atomic E-state index is 0. The molecule has 3 aliphatic rings. The van der Waals surface area contributed by atoms with Crippen LogP contribution in [0.5, 0.6) is 0 Å². The molecule has 2 fully saturated rings. The number of rotatable bonds is 2. The Labute approximate surface area is 117 Å². The first kappa shape index (κ1) is 12.5. The Kier molecular flexibility index (Phi) is 3.38. The molecule has 98 valence electrons. The Hall–Kier alpha value is -0.530. The maximum absolute atomic E-state index is 2.80. The first-order valence-corrected chi connectivity index (χ1v) is 7.24. The highest BCUT2D eigenvalue weighted by atomic mass is 35.5. The van der Waals surface area contributed by atoms with Crippen LogP contribution in [0.15, 0.2) is 24.3 Å². The summed E-state index contributed by atoms with van der Waals surface area (Å²) in [5, 5.41) is 0. The monoisotopic (exact) mass is 263 g/mol. The van der Waals surface area contributed by atoms with Crippen molar-refractivity contribution in [2.45, 2.75) is 44.1 Å². The molecule has 1 heterocycles. The first-order valence-electron chi connectivity index (χ1n) is 7.24. The van der Waals surface area contributed by atoms with Gasteiger partial charge in [-0.1, -0.05) is 24.3 Å². The van der Waals surface area contributed by atoms with Gasteiger partial charge in [0.25, 0.3) is 0 Å². The van der Waals surface area contributed by atoms with Crippen molar-refractivity contribution in [2.24, 2.45) is 5.92 Å². The van der Waals surface area contributed by atoms with Gasteiger partial charge in [-0.3, -0.25) is 4.90 Å². The van der Waals surface area contributed by atoms with E-state index in [4.69, 9.17) is 0 Å². The van der Waals surface area contributed by atoms with Crippen LogP contribution in [0.25, 0.3) is 0 Å². The summed E-state index contributed by atoms with van der Waals surface area (Å²) >= 11 is 0. The van der Waals surface area contributed by atoms with Crippen LogP contribution in [0.2, 0.25) is 0 Å². The second-order valence-electron chi connectivity index (χ2n) is 6.16. The van der Waals surface area contributed by atoms with E-state index in [0.717, 1.165) is 17.9 Å². The summed E-state index contributed by atoms with van der Waals surface area (Å²) in [5.41, 5.74) is 3.32. The molecule has 2 unspecified atom stereocenters. The van der Waals surface area contributed by atoms with Crippen LogP contribution in [-0.2, 0) is 0 Å². The molecule has 1 nitrogen and oxygen atoms in total. The van der Waals surface area contributed by atoms with Crippen molar-refractivity contribution in [2.75, 3.05) is 13.1 Å². The highest BCUT2D eigenvalue weighted by Crippen LogP contribution is 2.48. The third-order valence-electron chi connectivity index (χ3n) is 4.93. The van der Waals surface area contributed by atoms with Crippen LogP contribution in [0.4, 0.5) is 0 Å². The second-order valence-corrected chi connectivity index (χ2v) is 6.16. The Bertz CT molecular complexity index is 433. The fourth-order valence-corrected chi connectivity index (χ4v) is 3.88. The maximum Gasteiger partial charge on any atom is 1.00 e. The molecule has 0 amide bonds. The third-order valence-corrected chi connectivity index (χ3v) is 4.93. The average Bonchev–Trinajstić information content (AvgIpc) is 3.12. The SMILES string of the molecule is [Cl-].[H+].c1ccc2c(c1)C1CCCN(CC3CC3)C2C1. The molecular formula is C16H22ClN. The molecule has 0 radical (unpaired) electrons. The summed E-state index contributed by atoms with van der Waals surface area (Å²) in [7, 11) is 0. The molecular weight excluding hydrogens is 242 g/mol. The van der Waals surface area contributed by atoms with Gasteiger partial charge in [0.1, 0.15) is 0 Å². The van der Waals surface area contributed by atoms with Gasteiger partial charge < -0.3 is 12.4 Å². The van der Waals surface area contributed by atoms with Crippen molar-refractivity contribution in [3.05, 3.63) is 35.4 Å². The zero-order valence-electron chi connectivity index (χ0n) is 11.8. The molecule has 1 aliphatic heterocycles. The molecule has 1 saturated heterocycles. The zero-order valence-corrected chi connectivity index (χ0v) is 11.6. The van der Waals surface area contributed by atoms with Crippen LogP contribution >= 0.6 is 0 Å². The van der Waals surface area contributed by atoms with Crippen molar-refractivity contribution in [3.63, 3.8) is 0 Å². The van der Waals surface area contributed by atoms with E-state index in [1.807, 2.05) is 0 Å². The van der Waals surface area contributed by atoms with Crippen molar-refractivity contribution in [1.29, 1.82) is 0 Å². The topological polar surface area (TPSA) is 3.24 Å². The molecule has 1 aromatic carbocycles. The standard InChI is InChI=1S/C16H21N.ClH/c1-2-6-15-14(5-1)13-4-3-9-17(16(15)10-13)11-12-7-8-12;/h1-2,5-6,12-13,16H,3-4,7-11H2;1H. The number of hydrogen-bond donors (Lipinski definition) is 0. The fraction of sp³-hybridized carbons (Fsp3) is 0.625. The van der Waals surface area contributed by atoms with E-state index in [1.54, 1.807) is 11.1 Å². The minimum Gasteiger partial charge on any atom is -1.00 e. The molecule has 2 atom stereocenters. The van der Waals surface area contributed by atoms with Crippen molar-refractivity contribution < 1.29 is 13.8 Å². The van der Waals surface area contributed by atoms with Gasteiger partial charge in [-0.25, -0.2) is 0 Å². The van der Waals surface area contributed by atoms with Crippen LogP contribution in [-0.4, -0.2) is 18.0 Å². The van der Waals surface area contributed by atoms with Gasteiger partial charge in [0.05, 0.1) is 0 Å². The molecule has 1 aromatic rings. The van der Waals surface area contributed by atoms with Crippen molar-refractivity contribution in [3.8, 4) is 0 Å². The van der Waals surface area contributed by atoms with Gasteiger partial charge >= 0.3 is 1.43 Å². The fourth-order valence-electron chi connectivity index (χ4n) is 3.88. The van der Waals surface area contributed by atoms with Crippen LogP contribution in [0.3, 0.4) is 0 Å². The summed E-state index contributed by atoms with van der Waals surface area (Å²) < 4.78 is 0. The van der Waals surface area contributed by atoms with Crippen molar-refractivity contribution in [1.82, 2.24) is 4.90 Å². The molecule has 2 aliphatic carbocycles. The van der Waals surface area contributed by atoms with Gasteiger partial charge in [0.15, 0.2) is 0 Å². The molecule has 2 heteroatoms. The summed E-state index contributed by atoms with van der Waals surface area (Å²) in [6.07, 6.45) is 7.17. The molecule has 0 N–H and O–H groups in total. The molecule has 1 saturated carbocycles. The van der Waals surface area contributed by atoms with E-state index in [2.05, 4.69) is 29.2 Å². The second kappa shape index (κ2) is 4.86. The normalized spacial score (nSPS) is 30.4. The maximum atomic E-state index is 2.80. The Balaban J connectivity index is 0.000000667. The molecule has 2 bridgehead atoms. The third kappa shape index (κ3) is 2.08. The summed E-state index contributed by atoms with van der Waals surface area (Å²) in [4.78, 5) is 2.80. The highest BCUT2D eigenvalue weighted by molar-refractivity contribution is 5.38. The quantitative estimate of drug-likeness (QED) is 0.764. The Morgan fingerprint density at radius 2 is 1.89 bits per heavy atom. The van der Waals surface area contributed by atoms with Gasteiger partial charge in [-0.2, -0.15) is 0 Å². The van der Waals surface area contributed by atoms with E-state index >= 15 is 0 Å². The van der Waals surface area contributed by atoms with E-state index in [9.17, 15) is 0 Å². The van der Waals surface area contributed by atoms with E-state index in [0.29, 0.717) is 0 Å². The molecule has 0 spiro atoms. The van der Waals surface area contributed by atoms with E-state index in [-0.39, 0.29) is 13.8 Å². The van der Waals surface area contributed by atoms with Gasteiger partial charge in [-0.15, -0.1) is 0 Å². The Morgan fingerprint density at radius 1 is 1.11 bits per heavy atom. The number of likely N-dealkylation sites (tertiary alicyclic amines) is 1. The number of hydrogen-bond acceptors (Lipinski definition) is 1. The Morgan fingerprint density at radius 3 is 2.67 bits per heavy atom. The lowest BCUT2D eigenvalue weighted by Crippen LogP contribution is -3.00. The summed E-state index contributed by atoms with van der Waals surface area (Å²) in [6, 6.07) is 9.96. The van der Waals surface area contributed by atoms with Crippen LogP contribution in [0.1, 0.15) is 56.6 Å². The van der Waals surface area contributed by atoms with Gasteiger partial charge in [0, 0.05) is 12.6 Å². The lowest BCUT2D eigenvalue weighted by atomic mass is 9.96. The molecule has 18 heavy (non-hydrogen) atoms. The first-order chi connectivity index (χ1) is 8.42. The van der Waals surface area contributed by atoms with Crippen LogP contribution < -0.4 is 12.4 Å². The van der Waals surface area contributed by atoms with Crippen LogP contribution in [0, 0.1) is 5.92 Å². The lowest BCUT2D eigenvalue weighted by molar-refractivity contribution is -0.00000345. The largest absolute Gasteiger partial charge is 1.00 e. The average molecular weight is 264 g/mol. The summed E-state index contributed by atoms with van der Waals surface area (Å²) in [5.74, 6) is 1.89. The number of nitrogens with zero attached hydrogens (tertiary/aromatic N) is 1. The highest BCUT2D eigenvalue weighted by Gasteiger charge is 2.38. The summed E-state index contributed by atoms with van der Waals surface area (Å²) in [6.45, 7) is 2.71. The van der Waals surface area contributed by atoms with E-state index < -0.39 is 0 Å². The minimum atomic E-state index is 0. The smallest absolute Gasteiger partial charge is 1.00 e. The van der Waals surface area contributed by atoms with E-state index in [1.165, 1.54) is 45.2 Å².